The van der Waals surface area contributed by atoms with Crippen molar-refractivity contribution in [1.82, 2.24) is 0 Å². The fourth-order valence-electron chi connectivity index (χ4n) is 0.775. The van der Waals surface area contributed by atoms with E-state index in [0.717, 1.165) is 0 Å². The minimum atomic E-state index is 1.18. The summed E-state index contributed by atoms with van der Waals surface area (Å²) in [7, 11) is 0. The molecule has 0 saturated carbocycles. The minimum absolute atomic E-state index is 1.18. The monoisotopic (exact) mass is 168 g/mol. The molecule has 0 aromatic heterocycles. The fourth-order valence-corrected chi connectivity index (χ4v) is 0.775. The van der Waals surface area contributed by atoms with Crippen LogP contribution in [0.4, 0.5) is 0 Å². The lowest BCUT2D eigenvalue weighted by Crippen LogP contribution is -1.66. The van der Waals surface area contributed by atoms with Crippen LogP contribution in [0.5, 0.6) is 0 Å². The highest BCUT2D eigenvalue weighted by Crippen LogP contribution is 1.96. The number of rotatable bonds is 5. The van der Waals surface area contributed by atoms with E-state index in [4.69, 9.17) is 0 Å². The Morgan fingerprint density at radius 2 is 1.83 bits per heavy atom. The molecule has 0 spiro atoms. The number of allylic oxidation sites excluding steroid dienone is 2. The Kier molecular flexibility index (Phi) is 15.3. The van der Waals surface area contributed by atoms with Crippen molar-refractivity contribution in [3.8, 4) is 0 Å². The molecule has 0 aliphatic heterocycles. The maximum absolute atomic E-state index is 3.74. The molecule has 0 nitrogen and oxygen atoms in total. The first-order chi connectivity index (χ1) is 5.68. The quantitative estimate of drug-likeness (QED) is 0.411. The summed E-state index contributed by atoms with van der Waals surface area (Å²) in [6.07, 6.45) is 8.13. The molecule has 0 amide bonds. The van der Waals surface area contributed by atoms with Crippen molar-refractivity contribution in [1.29, 1.82) is 0 Å². The van der Waals surface area contributed by atoms with Gasteiger partial charge in [-0.1, -0.05) is 44.8 Å². The summed E-state index contributed by atoms with van der Waals surface area (Å²) >= 11 is 0. The second kappa shape index (κ2) is 13.1. The number of unbranched alkanes of at least 4 members (excludes halogenated alkanes) is 2. The summed E-state index contributed by atoms with van der Waals surface area (Å²) in [6, 6.07) is 0. The van der Waals surface area contributed by atoms with Gasteiger partial charge >= 0.3 is 0 Å². The van der Waals surface area contributed by atoms with Gasteiger partial charge in [-0.3, -0.25) is 0 Å². The largest absolute Gasteiger partial charge is 0.103 e. The Morgan fingerprint density at radius 1 is 1.25 bits per heavy atom. The highest BCUT2D eigenvalue weighted by atomic mass is 13.8. The molecule has 0 heterocycles. The molecule has 12 heavy (non-hydrogen) atoms. The van der Waals surface area contributed by atoms with E-state index in [1.54, 1.807) is 0 Å². The molecule has 0 rings (SSSR count). The number of hydrogen-bond acceptors (Lipinski definition) is 0. The van der Waals surface area contributed by atoms with Gasteiger partial charge in [0, 0.05) is 0 Å². The predicted molar refractivity (Wildman–Crippen MR) is 59.4 cm³/mol. The number of hydrogen-bond donors (Lipinski definition) is 0. The second-order valence-corrected chi connectivity index (χ2v) is 3.14. The summed E-state index contributed by atoms with van der Waals surface area (Å²) in [5, 5.41) is 0. The summed E-state index contributed by atoms with van der Waals surface area (Å²) < 4.78 is 0. The zero-order valence-corrected chi connectivity index (χ0v) is 9.03. The van der Waals surface area contributed by atoms with Gasteiger partial charge in [-0.2, -0.15) is 0 Å². The van der Waals surface area contributed by atoms with Gasteiger partial charge in [0.1, 0.15) is 0 Å². The highest BCUT2D eigenvalue weighted by Gasteiger charge is 1.76. The third-order valence-corrected chi connectivity index (χ3v) is 1.44. The van der Waals surface area contributed by atoms with E-state index in [0.29, 0.717) is 0 Å². The van der Waals surface area contributed by atoms with Gasteiger partial charge in [0.05, 0.1) is 0 Å². The normalized spacial score (nSPS) is 8.25. The van der Waals surface area contributed by atoms with Gasteiger partial charge in [-0.25, -0.2) is 0 Å². The van der Waals surface area contributed by atoms with Crippen LogP contribution >= 0.6 is 0 Å². The Morgan fingerprint density at radius 3 is 1.92 bits per heavy atom. The summed E-state index contributed by atoms with van der Waals surface area (Å²) in [6.45, 7) is 13.7. The lowest BCUT2D eigenvalue weighted by atomic mass is 10.2. The van der Waals surface area contributed by atoms with Gasteiger partial charge in [-0.15, -0.1) is 13.2 Å². The molecule has 0 aliphatic rings. The molecular weight excluding hydrogens is 144 g/mol. The van der Waals surface area contributed by atoms with E-state index in [9.17, 15) is 0 Å². The van der Waals surface area contributed by atoms with Gasteiger partial charge in [0.2, 0.25) is 0 Å². The summed E-state index contributed by atoms with van der Waals surface area (Å²) in [5.74, 6) is 0. The topological polar surface area (TPSA) is 0 Å². The van der Waals surface area contributed by atoms with E-state index < -0.39 is 0 Å². The molecule has 0 bridgehead atoms. The lowest BCUT2D eigenvalue weighted by molar-refractivity contribution is 0.816. The first kappa shape index (κ1) is 14.0. The third-order valence-electron chi connectivity index (χ3n) is 1.44. The maximum atomic E-state index is 3.74. The van der Waals surface area contributed by atoms with Crippen molar-refractivity contribution in [3.05, 3.63) is 24.8 Å². The zero-order valence-electron chi connectivity index (χ0n) is 9.03. The minimum Gasteiger partial charge on any atom is -0.103 e. The molecule has 0 N–H and O–H groups in total. The van der Waals surface area contributed by atoms with E-state index in [-0.39, 0.29) is 0 Å². The van der Waals surface area contributed by atoms with Crippen LogP contribution in [0.15, 0.2) is 24.8 Å². The molecular formula is C12H24. The molecule has 0 unspecified atom stereocenters. The Labute approximate surface area is 78.4 Å². The first-order valence-corrected chi connectivity index (χ1v) is 4.94. The van der Waals surface area contributed by atoms with E-state index in [2.05, 4.69) is 33.9 Å². The summed E-state index contributed by atoms with van der Waals surface area (Å²) in [5.41, 5.74) is 1.29. The van der Waals surface area contributed by atoms with Gasteiger partial charge in [0.15, 0.2) is 0 Å². The van der Waals surface area contributed by atoms with Crippen LogP contribution in [-0.4, -0.2) is 0 Å². The molecule has 0 aromatic rings. The lowest BCUT2D eigenvalue weighted by Gasteiger charge is -1.87. The van der Waals surface area contributed by atoms with Crippen LogP contribution in [-0.2, 0) is 0 Å². The van der Waals surface area contributed by atoms with Gasteiger partial charge in [-0.05, 0) is 19.8 Å². The molecule has 0 heteroatoms. The van der Waals surface area contributed by atoms with Crippen LogP contribution in [0.1, 0.15) is 52.9 Å². The van der Waals surface area contributed by atoms with Crippen molar-refractivity contribution in [2.45, 2.75) is 52.9 Å². The van der Waals surface area contributed by atoms with Crippen LogP contribution in [0.3, 0.4) is 0 Å². The van der Waals surface area contributed by atoms with Crippen molar-refractivity contribution in [2.24, 2.45) is 0 Å². The maximum Gasteiger partial charge on any atom is -0.0328 e. The van der Waals surface area contributed by atoms with Crippen LogP contribution < -0.4 is 0 Å². The van der Waals surface area contributed by atoms with Gasteiger partial charge in [0.25, 0.3) is 0 Å². The molecule has 0 atom stereocenters. The molecule has 0 saturated heterocycles. The predicted octanol–water partition coefficient (Wildman–Crippen LogP) is 4.73. The Balaban J connectivity index is 0. The van der Waals surface area contributed by atoms with Crippen LogP contribution in [0, 0.1) is 0 Å². The average molecular weight is 168 g/mol. The standard InChI is InChI=1S/2C6H12/c1-4-5-6(2)3;1-3-5-6-4-2/h2,4-5H2,1,3H3;3H,1,4-6H2,2H3. The molecule has 0 aromatic carbocycles. The van der Waals surface area contributed by atoms with E-state index in [1.807, 2.05) is 6.08 Å². The Bertz CT molecular complexity index is 101. The highest BCUT2D eigenvalue weighted by molar-refractivity contribution is 4.86. The Hall–Kier alpha value is -0.520. The third kappa shape index (κ3) is 22.7. The zero-order chi connectivity index (χ0) is 9.82. The molecule has 72 valence electrons. The first-order valence-electron chi connectivity index (χ1n) is 4.94. The van der Waals surface area contributed by atoms with E-state index >= 15 is 0 Å². The molecule has 0 radical (unpaired) electrons. The molecule has 0 aliphatic carbocycles. The van der Waals surface area contributed by atoms with E-state index in [1.165, 1.54) is 37.7 Å². The second-order valence-electron chi connectivity index (χ2n) is 3.14. The SMILES string of the molecule is C=C(C)CCC.C=CCCCC. The van der Waals surface area contributed by atoms with Crippen molar-refractivity contribution in [3.63, 3.8) is 0 Å². The van der Waals surface area contributed by atoms with Crippen molar-refractivity contribution >= 4 is 0 Å². The smallest absolute Gasteiger partial charge is 0.0328 e. The van der Waals surface area contributed by atoms with Gasteiger partial charge < -0.3 is 0 Å². The van der Waals surface area contributed by atoms with Crippen molar-refractivity contribution < 1.29 is 0 Å². The average Bonchev–Trinajstić information content (AvgIpc) is 2.02. The van der Waals surface area contributed by atoms with Crippen LogP contribution in [0.25, 0.3) is 0 Å². The van der Waals surface area contributed by atoms with Crippen LogP contribution in [0.2, 0.25) is 0 Å². The van der Waals surface area contributed by atoms with Crippen molar-refractivity contribution in [2.75, 3.05) is 0 Å². The fraction of sp³-hybridized carbons (Fsp3) is 0.667. The molecule has 0 fully saturated rings. The summed E-state index contributed by atoms with van der Waals surface area (Å²) in [4.78, 5) is 0.